The highest BCUT2D eigenvalue weighted by Gasteiger charge is 2.09. The highest BCUT2D eigenvalue weighted by Crippen LogP contribution is 2.29. The van der Waals surface area contributed by atoms with E-state index in [0.717, 1.165) is 24.6 Å². The van der Waals surface area contributed by atoms with Crippen molar-refractivity contribution >= 4 is 0 Å². The summed E-state index contributed by atoms with van der Waals surface area (Å²) >= 11 is 0. The quantitative estimate of drug-likeness (QED) is 0.744. The van der Waals surface area contributed by atoms with Gasteiger partial charge < -0.3 is 14.8 Å². The molecule has 0 fully saturated rings. The fourth-order valence-corrected chi connectivity index (χ4v) is 1.68. The molecular formula is C17H29NO2. The van der Waals surface area contributed by atoms with Gasteiger partial charge in [-0.05, 0) is 36.1 Å². The second-order valence-corrected chi connectivity index (χ2v) is 5.97. The molecule has 0 aliphatic heterocycles. The minimum absolute atomic E-state index is 0.505. The van der Waals surface area contributed by atoms with Crippen LogP contribution < -0.4 is 14.8 Å². The van der Waals surface area contributed by atoms with Crippen LogP contribution in [0, 0.1) is 11.8 Å². The summed E-state index contributed by atoms with van der Waals surface area (Å²) in [5.74, 6) is 2.72. The third-order valence-corrected chi connectivity index (χ3v) is 2.73. The normalized spacial score (nSPS) is 11.2. The number of benzene rings is 1. The molecule has 0 atom stereocenters. The van der Waals surface area contributed by atoms with Gasteiger partial charge in [-0.25, -0.2) is 0 Å². The Morgan fingerprint density at radius 3 is 2.10 bits per heavy atom. The first-order chi connectivity index (χ1) is 9.52. The van der Waals surface area contributed by atoms with Crippen LogP contribution in [0.4, 0.5) is 0 Å². The van der Waals surface area contributed by atoms with Gasteiger partial charge in [-0.2, -0.15) is 0 Å². The zero-order valence-corrected chi connectivity index (χ0v) is 13.5. The van der Waals surface area contributed by atoms with E-state index in [1.54, 1.807) is 0 Å². The second-order valence-electron chi connectivity index (χ2n) is 5.97. The van der Waals surface area contributed by atoms with E-state index in [2.05, 4.69) is 52.1 Å². The van der Waals surface area contributed by atoms with E-state index < -0.39 is 0 Å². The Morgan fingerprint density at radius 2 is 1.55 bits per heavy atom. The van der Waals surface area contributed by atoms with Crippen LogP contribution in [0.25, 0.3) is 0 Å². The molecule has 1 N–H and O–H groups in total. The Balaban J connectivity index is 2.79. The molecule has 0 saturated heterocycles. The number of nitrogens with one attached hydrogen (secondary N) is 1. The van der Waals surface area contributed by atoms with Crippen molar-refractivity contribution in [3.05, 3.63) is 23.8 Å². The standard InChI is InChI=1S/C17H29NO2/c1-6-18-10-15-7-8-16(19-11-13(2)3)17(9-15)20-12-14(4)5/h7-9,13-14,18H,6,10-12H2,1-5H3. The summed E-state index contributed by atoms with van der Waals surface area (Å²) in [4.78, 5) is 0. The van der Waals surface area contributed by atoms with E-state index in [1.807, 2.05) is 6.07 Å². The summed E-state index contributed by atoms with van der Waals surface area (Å²) in [5, 5.41) is 3.33. The van der Waals surface area contributed by atoms with Crippen molar-refractivity contribution in [1.82, 2.24) is 5.32 Å². The molecule has 3 nitrogen and oxygen atoms in total. The molecule has 3 heteroatoms. The molecule has 114 valence electrons. The minimum atomic E-state index is 0.505. The fraction of sp³-hybridized carbons (Fsp3) is 0.647. The maximum absolute atomic E-state index is 5.90. The van der Waals surface area contributed by atoms with Gasteiger partial charge in [0, 0.05) is 6.54 Å². The van der Waals surface area contributed by atoms with Crippen LogP contribution in [0.3, 0.4) is 0 Å². The van der Waals surface area contributed by atoms with Crippen LogP contribution in [0.5, 0.6) is 11.5 Å². The first-order valence-electron chi connectivity index (χ1n) is 7.62. The van der Waals surface area contributed by atoms with E-state index in [-0.39, 0.29) is 0 Å². The second kappa shape index (κ2) is 8.85. The van der Waals surface area contributed by atoms with Crippen molar-refractivity contribution in [2.75, 3.05) is 19.8 Å². The molecule has 0 aliphatic rings. The van der Waals surface area contributed by atoms with Crippen LogP contribution >= 0.6 is 0 Å². The van der Waals surface area contributed by atoms with Crippen LogP contribution in [0.15, 0.2) is 18.2 Å². The van der Waals surface area contributed by atoms with Crippen LogP contribution in [0.1, 0.15) is 40.2 Å². The SMILES string of the molecule is CCNCc1ccc(OCC(C)C)c(OCC(C)C)c1. The van der Waals surface area contributed by atoms with Crippen molar-refractivity contribution in [3.8, 4) is 11.5 Å². The molecular weight excluding hydrogens is 250 g/mol. The predicted octanol–water partition coefficient (Wildman–Crippen LogP) is 3.87. The van der Waals surface area contributed by atoms with E-state index in [9.17, 15) is 0 Å². The van der Waals surface area contributed by atoms with Gasteiger partial charge in [0.15, 0.2) is 11.5 Å². The number of ether oxygens (including phenoxy) is 2. The number of hydrogen-bond acceptors (Lipinski definition) is 3. The van der Waals surface area contributed by atoms with Gasteiger partial charge in [0.1, 0.15) is 0 Å². The summed E-state index contributed by atoms with van der Waals surface area (Å²) < 4.78 is 11.7. The van der Waals surface area contributed by atoms with Gasteiger partial charge >= 0.3 is 0 Å². The lowest BCUT2D eigenvalue weighted by atomic mass is 10.2. The van der Waals surface area contributed by atoms with Gasteiger partial charge in [-0.15, -0.1) is 0 Å². The maximum atomic E-state index is 5.90. The van der Waals surface area contributed by atoms with E-state index in [1.165, 1.54) is 5.56 Å². The molecule has 1 rings (SSSR count). The Labute approximate surface area is 123 Å². The molecule has 0 spiro atoms. The largest absolute Gasteiger partial charge is 0.489 e. The molecule has 0 saturated carbocycles. The summed E-state index contributed by atoms with van der Waals surface area (Å²) in [6, 6.07) is 6.20. The van der Waals surface area contributed by atoms with Gasteiger partial charge in [-0.1, -0.05) is 40.7 Å². The summed E-state index contributed by atoms with van der Waals surface area (Å²) in [7, 11) is 0. The molecule has 1 aromatic carbocycles. The Bertz CT molecular complexity index is 389. The first-order valence-corrected chi connectivity index (χ1v) is 7.62. The molecule has 0 bridgehead atoms. The van der Waals surface area contributed by atoms with Crippen LogP contribution in [-0.2, 0) is 6.54 Å². The van der Waals surface area contributed by atoms with Crippen LogP contribution in [0.2, 0.25) is 0 Å². The van der Waals surface area contributed by atoms with E-state index in [4.69, 9.17) is 9.47 Å². The first kappa shape index (κ1) is 16.8. The third kappa shape index (κ3) is 6.29. The van der Waals surface area contributed by atoms with Gasteiger partial charge in [-0.3, -0.25) is 0 Å². The molecule has 0 heterocycles. The zero-order valence-electron chi connectivity index (χ0n) is 13.5. The van der Waals surface area contributed by atoms with Crippen LogP contribution in [-0.4, -0.2) is 19.8 Å². The Kier molecular flexibility index (Phi) is 7.45. The lowest BCUT2D eigenvalue weighted by Crippen LogP contribution is -2.13. The average Bonchev–Trinajstić information content (AvgIpc) is 2.41. The average molecular weight is 279 g/mol. The minimum Gasteiger partial charge on any atom is -0.489 e. The monoisotopic (exact) mass is 279 g/mol. The van der Waals surface area contributed by atoms with Crippen molar-refractivity contribution in [2.45, 2.75) is 41.2 Å². The van der Waals surface area contributed by atoms with E-state index >= 15 is 0 Å². The molecule has 0 amide bonds. The molecule has 0 aliphatic carbocycles. The maximum Gasteiger partial charge on any atom is 0.161 e. The van der Waals surface area contributed by atoms with Crippen molar-refractivity contribution in [2.24, 2.45) is 11.8 Å². The molecule has 0 unspecified atom stereocenters. The highest BCUT2D eigenvalue weighted by atomic mass is 16.5. The van der Waals surface area contributed by atoms with Gasteiger partial charge in [0.05, 0.1) is 13.2 Å². The van der Waals surface area contributed by atoms with Crippen molar-refractivity contribution in [3.63, 3.8) is 0 Å². The van der Waals surface area contributed by atoms with Gasteiger partial charge in [0.2, 0.25) is 0 Å². The molecule has 0 radical (unpaired) electrons. The zero-order chi connectivity index (χ0) is 15.0. The lowest BCUT2D eigenvalue weighted by Gasteiger charge is -2.16. The fourth-order valence-electron chi connectivity index (χ4n) is 1.68. The summed E-state index contributed by atoms with van der Waals surface area (Å²) in [5.41, 5.74) is 1.22. The molecule has 20 heavy (non-hydrogen) atoms. The Morgan fingerprint density at radius 1 is 0.950 bits per heavy atom. The Hall–Kier alpha value is -1.22. The highest BCUT2D eigenvalue weighted by molar-refractivity contribution is 5.43. The number of rotatable bonds is 9. The number of hydrogen-bond donors (Lipinski definition) is 1. The molecule has 0 aromatic heterocycles. The van der Waals surface area contributed by atoms with Crippen molar-refractivity contribution in [1.29, 1.82) is 0 Å². The smallest absolute Gasteiger partial charge is 0.161 e. The third-order valence-electron chi connectivity index (χ3n) is 2.73. The van der Waals surface area contributed by atoms with E-state index in [0.29, 0.717) is 25.0 Å². The topological polar surface area (TPSA) is 30.5 Å². The summed E-state index contributed by atoms with van der Waals surface area (Å²) in [6.45, 7) is 14.0. The van der Waals surface area contributed by atoms with Gasteiger partial charge in [0.25, 0.3) is 0 Å². The summed E-state index contributed by atoms with van der Waals surface area (Å²) in [6.07, 6.45) is 0. The van der Waals surface area contributed by atoms with Crippen molar-refractivity contribution < 1.29 is 9.47 Å². The lowest BCUT2D eigenvalue weighted by molar-refractivity contribution is 0.229. The molecule has 1 aromatic rings. The predicted molar refractivity (Wildman–Crippen MR) is 84.5 cm³/mol.